The molecule has 8 heteroatoms. The third-order valence-electron chi connectivity index (χ3n) is 4.16. The first-order valence-electron chi connectivity index (χ1n) is 8.01. The Bertz CT molecular complexity index is 893. The summed E-state index contributed by atoms with van der Waals surface area (Å²) in [7, 11) is 1.52. The van der Waals surface area contributed by atoms with Gasteiger partial charge in [0.1, 0.15) is 5.69 Å². The molecule has 1 aliphatic heterocycles. The van der Waals surface area contributed by atoms with Crippen LogP contribution in [0.5, 0.6) is 0 Å². The van der Waals surface area contributed by atoms with E-state index in [0.29, 0.717) is 29.7 Å². The van der Waals surface area contributed by atoms with Crippen molar-refractivity contribution in [3.8, 4) is 0 Å². The highest BCUT2D eigenvalue weighted by Crippen LogP contribution is 2.26. The fourth-order valence-electron chi connectivity index (χ4n) is 3.08. The lowest BCUT2D eigenvalue weighted by atomic mass is 10.2. The van der Waals surface area contributed by atoms with Crippen molar-refractivity contribution in [3.05, 3.63) is 27.8 Å². The summed E-state index contributed by atoms with van der Waals surface area (Å²) in [4.78, 5) is 37.3. The van der Waals surface area contributed by atoms with Crippen LogP contribution in [0.4, 0.5) is 0 Å². The molecule has 0 bridgehead atoms. The van der Waals surface area contributed by atoms with Crippen molar-refractivity contribution in [1.29, 1.82) is 0 Å². The second-order valence-corrected chi connectivity index (χ2v) is 6.53. The first kappa shape index (κ1) is 16.2. The molecule has 0 saturated heterocycles. The molecule has 3 rings (SSSR count). The summed E-state index contributed by atoms with van der Waals surface area (Å²) in [6.07, 6.45) is 0. The van der Waals surface area contributed by atoms with Gasteiger partial charge in [0.2, 0.25) is 0 Å². The topological polar surface area (TPSA) is 98.0 Å². The van der Waals surface area contributed by atoms with Gasteiger partial charge in [0, 0.05) is 26.2 Å². The molecule has 1 atom stereocenters. The molecule has 2 aromatic rings. The molecule has 8 nitrogen and oxygen atoms in total. The Morgan fingerprint density at radius 1 is 1.46 bits per heavy atom. The zero-order valence-electron chi connectivity index (χ0n) is 14.2. The molecule has 0 saturated carbocycles. The predicted octanol–water partition coefficient (Wildman–Crippen LogP) is 0.518. The number of nitrogens with zero attached hydrogens (tertiary/aromatic N) is 3. The Morgan fingerprint density at radius 3 is 2.79 bits per heavy atom. The monoisotopic (exact) mass is 331 g/mol. The second kappa shape index (κ2) is 5.77. The molecule has 0 aliphatic carbocycles. The maximum absolute atomic E-state index is 12.8. The van der Waals surface area contributed by atoms with E-state index < -0.39 is 0 Å². The van der Waals surface area contributed by atoms with E-state index in [4.69, 9.17) is 0 Å². The number of hydrogen-bond acceptors (Lipinski definition) is 4. The van der Waals surface area contributed by atoms with Crippen molar-refractivity contribution < 1.29 is 9.59 Å². The first-order chi connectivity index (χ1) is 11.3. The van der Waals surface area contributed by atoms with Crippen molar-refractivity contribution in [1.82, 2.24) is 25.0 Å². The Labute approximate surface area is 138 Å². The van der Waals surface area contributed by atoms with Gasteiger partial charge in [-0.25, -0.2) is 4.68 Å². The van der Waals surface area contributed by atoms with E-state index in [1.54, 1.807) is 10.6 Å². The maximum Gasteiger partial charge on any atom is 0.276 e. The van der Waals surface area contributed by atoms with Gasteiger partial charge in [-0.1, -0.05) is 13.8 Å². The number of carbonyl (C=O) groups excluding carboxylic acids is 2. The minimum Gasteiger partial charge on any atom is -0.354 e. The van der Waals surface area contributed by atoms with Gasteiger partial charge in [0.25, 0.3) is 17.4 Å². The van der Waals surface area contributed by atoms with Crippen LogP contribution in [0.3, 0.4) is 0 Å². The van der Waals surface area contributed by atoms with Crippen molar-refractivity contribution in [3.63, 3.8) is 0 Å². The molecule has 24 heavy (non-hydrogen) atoms. The summed E-state index contributed by atoms with van der Waals surface area (Å²) >= 11 is 0. The van der Waals surface area contributed by atoms with Crippen LogP contribution in [0.15, 0.2) is 10.9 Å². The average Bonchev–Trinajstić information content (AvgIpc) is 2.94. The maximum atomic E-state index is 12.8. The van der Waals surface area contributed by atoms with Crippen LogP contribution in [-0.2, 0) is 6.54 Å². The lowest BCUT2D eigenvalue weighted by Gasteiger charge is -2.24. The lowest BCUT2D eigenvalue weighted by molar-refractivity contribution is 0.0915. The molecule has 3 heterocycles. The van der Waals surface area contributed by atoms with Crippen LogP contribution in [0.25, 0.3) is 10.9 Å². The number of aromatic nitrogens is 3. The fraction of sp³-hybridized carbons (Fsp3) is 0.500. The summed E-state index contributed by atoms with van der Waals surface area (Å²) in [5.74, 6) is -0.428. The van der Waals surface area contributed by atoms with Crippen LogP contribution >= 0.6 is 0 Å². The van der Waals surface area contributed by atoms with Crippen molar-refractivity contribution in [2.75, 3.05) is 13.6 Å². The lowest BCUT2D eigenvalue weighted by Crippen LogP contribution is -2.38. The Kier molecular flexibility index (Phi) is 3.90. The van der Waals surface area contributed by atoms with E-state index in [0.717, 1.165) is 0 Å². The smallest absolute Gasteiger partial charge is 0.276 e. The predicted molar refractivity (Wildman–Crippen MR) is 89.3 cm³/mol. The molecule has 0 fully saturated rings. The molecule has 2 aromatic heterocycles. The van der Waals surface area contributed by atoms with Crippen LogP contribution in [-0.4, -0.2) is 39.8 Å². The third-order valence-corrected chi connectivity index (χ3v) is 4.16. The third kappa shape index (κ3) is 2.38. The van der Waals surface area contributed by atoms with E-state index in [1.165, 1.54) is 11.7 Å². The number of carbonyl (C=O) groups is 2. The number of amides is 2. The Hall–Kier alpha value is -2.64. The minimum atomic E-state index is -0.378. The Balaban J connectivity index is 2.41. The van der Waals surface area contributed by atoms with Gasteiger partial charge in [-0.2, -0.15) is 5.10 Å². The normalized spacial score (nSPS) is 17.0. The van der Waals surface area contributed by atoms with Crippen LogP contribution in [0.2, 0.25) is 0 Å². The van der Waals surface area contributed by atoms with Gasteiger partial charge >= 0.3 is 0 Å². The van der Waals surface area contributed by atoms with Crippen LogP contribution in [0.1, 0.15) is 47.8 Å². The number of hydrogen-bond donors (Lipinski definition) is 2. The summed E-state index contributed by atoms with van der Waals surface area (Å²) in [5, 5.41) is 9.99. The van der Waals surface area contributed by atoms with Crippen molar-refractivity contribution in [2.45, 2.75) is 33.4 Å². The quantitative estimate of drug-likeness (QED) is 0.856. The SMILES string of the molecule is CNC(=O)c1nn(CC(C)C)c(=O)c2cc3n(c12)C(C)CNC3=O. The number of fused-ring (bicyclic) bond motifs is 3. The second-order valence-electron chi connectivity index (χ2n) is 6.53. The molecule has 1 aliphatic rings. The van der Waals surface area contributed by atoms with Gasteiger partial charge in [0.15, 0.2) is 5.69 Å². The summed E-state index contributed by atoms with van der Waals surface area (Å²) < 4.78 is 3.05. The van der Waals surface area contributed by atoms with Gasteiger partial charge in [0.05, 0.1) is 10.9 Å². The highest BCUT2D eigenvalue weighted by atomic mass is 16.2. The fourth-order valence-corrected chi connectivity index (χ4v) is 3.08. The molecular formula is C16H21N5O3. The van der Waals surface area contributed by atoms with E-state index >= 15 is 0 Å². The average molecular weight is 331 g/mol. The van der Waals surface area contributed by atoms with Gasteiger partial charge < -0.3 is 15.2 Å². The molecule has 2 amide bonds. The van der Waals surface area contributed by atoms with E-state index in [2.05, 4.69) is 15.7 Å². The van der Waals surface area contributed by atoms with Crippen molar-refractivity contribution in [2.24, 2.45) is 5.92 Å². The van der Waals surface area contributed by atoms with E-state index in [9.17, 15) is 14.4 Å². The molecule has 2 N–H and O–H groups in total. The zero-order chi connectivity index (χ0) is 17.6. The summed E-state index contributed by atoms with van der Waals surface area (Å²) in [6.45, 7) is 6.71. The standard InChI is InChI=1S/C16H21N5O3/c1-8(2)7-20-16(24)10-5-11-14(22)18-6-9(3)21(11)13(10)12(19-20)15(23)17-4/h5,8-9H,6-7H2,1-4H3,(H,17,23)(H,18,22). The number of nitrogens with one attached hydrogen (secondary N) is 2. The molecule has 0 radical (unpaired) electrons. The van der Waals surface area contributed by atoms with Crippen LogP contribution < -0.4 is 16.2 Å². The van der Waals surface area contributed by atoms with Crippen LogP contribution in [0, 0.1) is 5.92 Å². The minimum absolute atomic E-state index is 0.0687. The molecule has 0 aromatic carbocycles. The first-order valence-corrected chi connectivity index (χ1v) is 8.01. The molecule has 128 valence electrons. The summed E-state index contributed by atoms with van der Waals surface area (Å²) in [6, 6.07) is 1.49. The summed E-state index contributed by atoms with van der Waals surface area (Å²) in [5.41, 5.74) is 0.695. The van der Waals surface area contributed by atoms with Gasteiger partial charge in [-0.05, 0) is 18.9 Å². The highest BCUT2D eigenvalue weighted by Gasteiger charge is 2.29. The van der Waals surface area contributed by atoms with Gasteiger partial charge in [-0.3, -0.25) is 14.4 Å². The molecule has 1 unspecified atom stereocenters. The van der Waals surface area contributed by atoms with E-state index in [1.807, 2.05) is 20.8 Å². The largest absolute Gasteiger partial charge is 0.354 e. The van der Waals surface area contributed by atoms with E-state index in [-0.39, 0.29) is 35.0 Å². The molecule has 0 spiro atoms. The zero-order valence-corrected chi connectivity index (χ0v) is 14.2. The van der Waals surface area contributed by atoms with Crippen molar-refractivity contribution >= 4 is 22.7 Å². The number of rotatable bonds is 3. The molecular weight excluding hydrogens is 310 g/mol. The van der Waals surface area contributed by atoms with Gasteiger partial charge in [-0.15, -0.1) is 0 Å². The highest BCUT2D eigenvalue weighted by molar-refractivity contribution is 6.07. The Morgan fingerprint density at radius 2 is 2.17 bits per heavy atom.